The van der Waals surface area contributed by atoms with E-state index in [0.29, 0.717) is 22.3 Å². The highest BCUT2D eigenvalue weighted by Crippen LogP contribution is 2.27. The first-order valence-electron chi connectivity index (χ1n) is 9.14. The van der Waals surface area contributed by atoms with Crippen molar-refractivity contribution < 1.29 is 9.53 Å². The van der Waals surface area contributed by atoms with Crippen molar-refractivity contribution in [2.75, 3.05) is 12.4 Å². The van der Waals surface area contributed by atoms with Crippen LogP contribution in [0.1, 0.15) is 11.7 Å². The minimum absolute atomic E-state index is 0.244. The number of hydrogen-bond acceptors (Lipinski definition) is 4. The highest BCUT2D eigenvalue weighted by Gasteiger charge is 2.21. The molecule has 0 saturated heterocycles. The fourth-order valence-corrected chi connectivity index (χ4v) is 3.23. The van der Waals surface area contributed by atoms with E-state index in [1.165, 1.54) is 7.11 Å². The molecule has 0 bridgehead atoms. The molecule has 6 nitrogen and oxygen atoms in total. The van der Waals surface area contributed by atoms with Crippen LogP contribution in [0.5, 0.6) is 0 Å². The van der Waals surface area contributed by atoms with Gasteiger partial charge in [0.15, 0.2) is 6.10 Å². The van der Waals surface area contributed by atoms with Gasteiger partial charge in [-0.1, -0.05) is 60.7 Å². The molecule has 1 amide bonds. The highest BCUT2D eigenvalue weighted by atomic mass is 16.5. The zero-order valence-corrected chi connectivity index (χ0v) is 15.8. The van der Waals surface area contributed by atoms with Crippen LogP contribution in [0.15, 0.2) is 83.7 Å². The summed E-state index contributed by atoms with van der Waals surface area (Å²) in [6.07, 6.45) is -0.771. The van der Waals surface area contributed by atoms with Crippen molar-refractivity contribution in [1.29, 1.82) is 0 Å². The van der Waals surface area contributed by atoms with Crippen molar-refractivity contribution in [1.82, 2.24) is 9.97 Å². The van der Waals surface area contributed by atoms with E-state index in [4.69, 9.17) is 4.74 Å². The number of nitrogens with zero attached hydrogens (tertiary/aromatic N) is 1. The zero-order valence-electron chi connectivity index (χ0n) is 15.8. The Morgan fingerprint density at radius 2 is 1.66 bits per heavy atom. The number of hydrogen-bond donors (Lipinski definition) is 2. The van der Waals surface area contributed by atoms with Crippen molar-refractivity contribution in [2.24, 2.45) is 0 Å². The quantitative estimate of drug-likeness (QED) is 0.545. The van der Waals surface area contributed by atoms with Gasteiger partial charge >= 0.3 is 0 Å². The summed E-state index contributed by atoms with van der Waals surface area (Å²) in [5, 5.41) is 2.88. The third kappa shape index (κ3) is 3.79. The molecule has 3 aromatic carbocycles. The zero-order chi connectivity index (χ0) is 20.2. The number of benzene rings is 3. The van der Waals surface area contributed by atoms with Crippen LogP contribution in [0.2, 0.25) is 0 Å². The van der Waals surface area contributed by atoms with Gasteiger partial charge in [-0.15, -0.1) is 0 Å². The van der Waals surface area contributed by atoms with Gasteiger partial charge in [0.25, 0.3) is 11.5 Å². The second-order valence-corrected chi connectivity index (χ2v) is 6.49. The molecule has 6 heteroatoms. The van der Waals surface area contributed by atoms with Gasteiger partial charge < -0.3 is 15.0 Å². The van der Waals surface area contributed by atoms with Crippen molar-refractivity contribution in [3.05, 3.63) is 94.8 Å². The number of H-pyrrole nitrogens is 1. The molecule has 4 aromatic rings. The molecule has 144 valence electrons. The Morgan fingerprint density at radius 1 is 0.966 bits per heavy atom. The lowest BCUT2D eigenvalue weighted by molar-refractivity contribution is -0.126. The first-order valence-corrected chi connectivity index (χ1v) is 9.14. The predicted octanol–water partition coefficient (Wildman–Crippen LogP) is 3.92. The van der Waals surface area contributed by atoms with E-state index < -0.39 is 6.10 Å². The monoisotopic (exact) mass is 385 g/mol. The Bertz CT molecular complexity index is 1220. The fraction of sp³-hybridized carbons (Fsp3) is 0.0870. The molecule has 0 aliphatic rings. The Balaban J connectivity index is 1.72. The Morgan fingerprint density at radius 3 is 2.45 bits per heavy atom. The SMILES string of the molecule is CO[C@H](C(=O)Nc1ccccc1-c1nc2ccccc2[nH]c1=O)c1ccccc1. The number of carbonyl (C=O) groups excluding carboxylic acids is 1. The number of methoxy groups -OCH3 is 1. The van der Waals surface area contributed by atoms with Crippen molar-refractivity contribution in [2.45, 2.75) is 6.10 Å². The topological polar surface area (TPSA) is 84.1 Å². The predicted molar refractivity (Wildman–Crippen MR) is 113 cm³/mol. The van der Waals surface area contributed by atoms with Gasteiger partial charge in [-0.3, -0.25) is 9.59 Å². The summed E-state index contributed by atoms with van der Waals surface area (Å²) in [4.78, 5) is 32.9. The molecule has 0 radical (unpaired) electrons. The van der Waals surface area contributed by atoms with Gasteiger partial charge in [-0.2, -0.15) is 0 Å². The van der Waals surface area contributed by atoms with Crippen LogP contribution in [-0.2, 0) is 9.53 Å². The van der Waals surface area contributed by atoms with Crippen molar-refractivity contribution in [3.63, 3.8) is 0 Å². The van der Waals surface area contributed by atoms with E-state index in [2.05, 4.69) is 15.3 Å². The summed E-state index contributed by atoms with van der Waals surface area (Å²) < 4.78 is 5.40. The number of anilines is 1. The van der Waals surface area contributed by atoms with Gasteiger partial charge in [0.05, 0.1) is 16.7 Å². The number of carbonyl (C=O) groups is 1. The molecule has 0 fully saturated rings. The molecule has 1 aromatic heterocycles. The summed E-state index contributed by atoms with van der Waals surface area (Å²) in [6, 6.07) is 23.6. The lowest BCUT2D eigenvalue weighted by Crippen LogP contribution is -2.23. The maximum absolute atomic E-state index is 12.9. The molecular weight excluding hydrogens is 366 g/mol. The third-order valence-electron chi connectivity index (χ3n) is 4.62. The van der Waals surface area contributed by atoms with E-state index in [1.54, 1.807) is 30.3 Å². The number of ether oxygens (including phenoxy) is 1. The lowest BCUT2D eigenvalue weighted by atomic mass is 10.1. The maximum atomic E-state index is 12.9. The molecule has 0 unspecified atom stereocenters. The lowest BCUT2D eigenvalue weighted by Gasteiger charge is -2.17. The Kier molecular flexibility index (Phi) is 5.18. The van der Waals surface area contributed by atoms with Crippen LogP contribution in [0.4, 0.5) is 5.69 Å². The fourth-order valence-electron chi connectivity index (χ4n) is 3.23. The smallest absolute Gasteiger partial charge is 0.275 e. The molecule has 2 N–H and O–H groups in total. The number of fused-ring (bicyclic) bond motifs is 1. The highest BCUT2D eigenvalue weighted by molar-refractivity contribution is 5.98. The molecular formula is C23H19N3O3. The van der Waals surface area contributed by atoms with E-state index in [-0.39, 0.29) is 17.2 Å². The Hall–Kier alpha value is -3.77. The number of rotatable bonds is 5. The number of aromatic nitrogens is 2. The van der Waals surface area contributed by atoms with E-state index in [9.17, 15) is 9.59 Å². The molecule has 0 saturated carbocycles. The van der Waals surface area contributed by atoms with Crippen LogP contribution >= 0.6 is 0 Å². The normalized spacial score (nSPS) is 11.9. The summed E-state index contributed by atoms with van der Waals surface area (Å²) in [7, 11) is 1.48. The first kappa shape index (κ1) is 18.6. The van der Waals surface area contributed by atoms with E-state index in [1.807, 2.05) is 48.5 Å². The van der Waals surface area contributed by atoms with Crippen LogP contribution in [0, 0.1) is 0 Å². The van der Waals surface area contributed by atoms with E-state index in [0.717, 1.165) is 5.56 Å². The molecule has 0 aliphatic carbocycles. The maximum Gasteiger partial charge on any atom is 0.275 e. The van der Waals surface area contributed by atoms with Gasteiger partial charge in [0.2, 0.25) is 0 Å². The number of amides is 1. The minimum Gasteiger partial charge on any atom is -0.367 e. The van der Waals surface area contributed by atoms with Crippen LogP contribution in [-0.4, -0.2) is 23.0 Å². The van der Waals surface area contributed by atoms with Crippen LogP contribution in [0.25, 0.3) is 22.3 Å². The average molecular weight is 385 g/mol. The number of nitrogens with one attached hydrogen (secondary N) is 2. The third-order valence-corrected chi connectivity index (χ3v) is 4.62. The molecule has 1 heterocycles. The summed E-state index contributed by atoms with van der Waals surface area (Å²) in [6.45, 7) is 0. The van der Waals surface area contributed by atoms with Gasteiger partial charge in [0, 0.05) is 12.7 Å². The van der Waals surface area contributed by atoms with Gasteiger partial charge in [0.1, 0.15) is 5.69 Å². The average Bonchev–Trinajstić information content (AvgIpc) is 2.75. The van der Waals surface area contributed by atoms with Gasteiger partial charge in [-0.05, 0) is 23.8 Å². The van der Waals surface area contributed by atoms with Gasteiger partial charge in [-0.25, -0.2) is 4.98 Å². The van der Waals surface area contributed by atoms with E-state index >= 15 is 0 Å². The summed E-state index contributed by atoms with van der Waals surface area (Å²) in [5.41, 5.74) is 3.02. The molecule has 1 atom stereocenters. The summed E-state index contributed by atoms with van der Waals surface area (Å²) in [5.74, 6) is -0.330. The molecule has 0 spiro atoms. The second kappa shape index (κ2) is 8.08. The van der Waals surface area contributed by atoms with Crippen LogP contribution < -0.4 is 10.9 Å². The number of aromatic amines is 1. The largest absolute Gasteiger partial charge is 0.367 e. The number of para-hydroxylation sites is 3. The Labute approximate surface area is 167 Å². The molecule has 0 aliphatic heterocycles. The first-order chi connectivity index (χ1) is 14.2. The second-order valence-electron chi connectivity index (χ2n) is 6.49. The van der Waals surface area contributed by atoms with Crippen LogP contribution in [0.3, 0.4) is 0 Å². The molecule has 4 rings (SSSR count). The minimum atomic E-state index is -0.771. The standard InChI is InChI=1S/C23H19N3O3/c1-29-21(15-9-3-2-4-10-15)23(28)25-17-12-6-5-11-16(17)20-22(27)26-19-14-8-7-13-18(19)24-20/h2-14,21H,1H3,(H,25,28)(H,26,27)/t21-/m0/s1. The van der Waals surface area contributed by atoms with Crippen molar-refractivity contribution >= 4 is 22.6 Å². The molecule has 29 heavy (non-hydrogen) atoms. The summed E-state index contributed by atoms with van der Waals surface area (Å²) >= 11 is 0. The van der Waals surface area contributed by atoms with Crippen molar-refractivity contribution in [3.8, 4) is 11.3 Å².